The number of nitrogens with zero attached hydrogens (tertiary/aromatic N) is 2. The number of anilines is 1. The first-order valence-electron chi connectivity index (χ1n) is 5.90. The number of carbonyl (C=O) groups is 1. The highest BCUT2D eigenvalue weighted by Crippen LogP contribution is 2.28. The van der Waals surface area contributed by atoms with Crippen molar-refractivity contribution in [1.82, 2.24) is 0 Å². The van der Waals surface area contributed by atoms with Crippen LogP contribution in [0.25, 0.3) is 0 Å². The van der Waals surface area contributed by atoms with Gasteiger partial charge in [-0.15, -0.1) is 0 Å². The summed E-state index contributed by atoms with van der Waals surface area (Å²) in [6.07, 6.45) is 0.588. The molecule has 4 nitrogen and oxygen atoms in total. The molecule has 18 heavy (non-hydrogen) atoms. The number of hydrazone groups is 1. The van der Waals surface area contributed by atoms with Crippen LogP contribution in [0.4, 0.5) is 10.1 Å². The zero-order valence-electron chi connectivity index (χ0n) is 10.5. The van der Waals surface area contributed by atoms with Crippen LogP contribution in [-0.4, -0.2) is 18.2 Å². The minimum atomic E-state index is -0.317. The number of benzene rings is 1. The molecule has 2 N–H and O–H groups in total. The predicted molar refractivity (Wildman–Crippen MR) is 68.9 cm³/mol. The molecule has 0 bridgehead atoms. The van der Waals surface area contributed by atoms with E-state index in [1.807, 2.05) is 6.92 Å². The standard InChI is InChI=1S/C13H16FN3O/c1-8-7-10(14)3-4-12(8)17-13(18)11(5-6-15)9(2)16-17/h3-4,7,11H,5-6,15H2,1-2H3. The second kappa shape index (κ2) is 4.86. The van der Waals surface area contributed by atoms with Gasteiger partial charge in [0.05, 0.1) is 11.6 Å². The maximum Gasteiger partial charge on any atom is 0.256 e. The van der Waals surface area contributed by atoms with Crippen molar-refractivity contribution >= 4 is 17.3 Å². The van der Waals surface area contributed by atoms with E-state index in [1.54, 1.807) is 13.0 Å². The van der Waals surface area contributed by atoms with E-state index in [1.165, 1.54) is 17.1 Å². The van der Waals surface area contributed by atoms with Crippen LogP contribution in [0, 0.1) is 18.7 Å². The molecule has 1 aliphatic heterocycles. The number of carbonyl (C=O) groups excluding carboxylic acids is 1. The van der Waals surface area contributed by atoms with Crippen LogP contribution in [0.15, 0.2) is 23.3 Å². The molecule has 0 radical (unpaired) electrons. The summed E-state index contributed by atoms with van der Waals surface area (Å²) in [7, 11) is 0. The Morgan fingerprint density at radius 3 is 2.78 bits per heavy atom. The van der Waals surface area contributed by atoms with Crippen LogP contribution < -0.4 is 10.7 Å². The van der Waals surface area contributed by atoms with Crippen molar-refractivity contribution in [2.75, 3.05) is 11.6 Å². The normalized spacial score (nSPS) is 19.3. The van der Waals surface area contributed by atoms with E-state index in [2.05, 4.69) is 5.10 Å². The Morgan fingerprint density at radius 2 is 2.17 bits per heavy atom. The lowest BCUT2D eigenvalue weighted by Crippen LogP contribution is -2.29. The quantitative estimate of drug-likeness (QED) is 0.888. The van der Waals surface area contributed by atoms with Gasteiger partial charge in [0.2, 0.25) is 0 Å². The lowest BCUT2D eigenvalue weighted by atomic mass is 10.0. The molecular formula is C13H16FN3O. The van der Waals surface area contributed by atoms with Gasteiger partial charge in [-0.05, 0) is 50.6 Å². The van der Waals surface area contributed by atoms with Crippen molar-refractivity contribution in [2.24, 2.45) is 16.8 Å². The van der Waals surface area contributed by atoms with Crippen LogP contribution in [0.1, 0.15) is 18.9 Å². The number of aryl methyl sites for hydroxylation is 1. The summed E-state index contributed by atoms with van der Waals surface area (Å²) in [5.41, 5.74) is 7.56. The van der Waals surface area contributed by atoms with Crippen molar-refractivity contribution in [1.29, 1.82) is 0 Å². The molecule has 5 heteroatoms. The van der Waals surface area contributed by atoms with Crippen molar-refractivity contribution in [3.8, 4) is 0 Å². The molecule has 0 saturated carbocycles. The van der Waals surface area contributed by atoms with Crippen molar-refractivity contribution in [3.05, 3.63) is 29.6 Å². The van der Waals surface area contributed by atoms with Crippen LogP contribution >= 0.6 is 0 Å². The number of nitrogens with two attached hydrogens (primary N) is 1. The van der Waals surface area contributed by atoms with Gasteiger partial charge in [-0.3, -0.25) is 4.79 Å². The van der Waals surface area contributed by atoms with Crippen molar-refractivity contribution in [3.63, 3.8) is 0 Å². The Kier molecular flexibility index (Phi) is 3.43. The van der Waals surface area contributed by atoms with E-state index in [9.17, 15) is 9.18 Å². The van der Waals surface area contributed by atoms with Crippen LogP contribution in [0.2, 0.25) is 0 Å². The topological polar surface area (TPSA) is 58.7 Å². The molecule has 1 aromatic rings. The van der Waals surface area contributed by atoms with Crippen molar-refractivity contribution < 1.29 is 9.18 Å². The van der Waals surface area contributed by atoms with Crippen LogP contribution in [-0.2, 0) is 4.79 Å². The SMILES string of the molecule is CC1=NN(c2ccc(F)cc2C)C(=O)C1CCN. The molecule has 0 spiro atoms. The van der Waals surface area contributed by atoms with E-state index in [4.69, 9.17) is 5.73 Å². The van der Waals surface area contributed by atoms with Gasteiger partial charge in [0, 0.05) is 5.71 Å². The zero-order chi connectivity index (χ0) is 13.3. The average molecular weight is 249 g/mol. The number of hydrogen-bond acceptors (Lipinski definition) is 3. The zero-order valence-corrected chi connectivity index (χ0v) is 10.5. The second-order valence-electron chi connectivity index (χ2n) is 4.45. The monoisotopic (exact) mass is 249 g/mol. The maximum atomic E-state index is 13.0. The molecule has 0 aliphatic carbocycles. The number of rotatable bonds is 3. The number of halogens is 1. The molecule has 1 amide bonds. The molecule has 1 aliphatic rings. The van der Waals surface area contributed by atoms with Gasteiger partial charge in [-0.25, -0.2) is 4.39 Å². The third-order valence-electron chi connectivity index (χ3n) is 3.11. The van der Waals surface area contributed by atoms with E-state index in [-0.39, 0.29) is 17.6 Å². The van der Waals surface area contributed by atoms with E-state index in [0.29, 0.717) is 24.2 Å². The Hall–Kier alpha value is -1.75. The third kappa shape index (κ3) is 2.13. The maximum absolute atomic E-state index is 13.0. The van der Waals surface area contributed by atoms with Gasteiger partial charge in [0.25, 0.3) is 5.91 Å². The molecule has 0 saturated heterocycles. The van der Waals surface area contributed by atoms with Gasteiger partial charge in [0.1, 0.15) is 5.82 Å². The van der Waals surface area contributed by atoms with Crippen LogP contribution in [0.5, 0.6) is 0 Å². The first-order chi connectivity index (χ1) is 8.54. The fourth-order valence-electron chi connectivity index (χ4n) is 2.13. The summed E-state index contributed by atoms with van der Waals surface area (Å²) in [6, 6.07) is 4.30. The van der Waals surface area contributed by atoms with Gasteiger partial charge < -0.3 is 5.73 Å². The smallest absolute Gasteiger partial charge is 0.256 e. The molecule has 1 unspecified atom stereocenters. The van der Waals surface area contributed by atoms with Gasteiger partial charge in [0.15, 0.2) is 0 Å². The molecule has 1 aromatic carbocycles. The highest BCUT2D eigenvalue weighted by Gasteiger charge is 2.34. The lowest BCUT2D eigenvalue weighted by molar-refractivity contribution is -0.119. The Bertz CT molecular complexity index is 513. The summed E-state index contributed by atoms with van der Waals surface area (Å²) in [5, 5.41) is 5.60. The number of amides is 1. The second-order valence-corrected chi connectivity index (χ2v) is 4.45. The Labute approximate surface area is 105 Å². The molecular weight excluding hydrogens is 233 g/mol. The Balaban J connectivity index is 2.33. The Morgan fingerprint density at radius 1 is 1.44 bits per heavy atom. The third-order valence-corrected chi connectivity index (χ3v) is 3.11. The minimum Gasteiger partial charge on any atom is -0.330 e. The van der Waals surface area contributed by atoms with E-state index >= 15 is 0 Å². The summed E-state index contributed by atoms with van der Waals surface area (Å²) in [4.78, 5) is 12.2. The average Bonchev–Trinajstić information content (AvgIpc) is 2.58. The lowest BCUT2D eigenvalue weighted by Gasteiger charge is -2.16. The summed E-state index contributed by atoms with van der Waals surface area (Å²) in [5.74, 6) is -0.658. The van der Waals surface area contributed by atoms with Gasteiger partial charge >= 0.3 is 0 Å². The fourth-order valence-corrected chi connectivity index (χ4v) is 2.13. The van der Waals surface area contributed by atoms with E-state index < -0.39 is 0 Å². The largest absolute Gasteiger partial charge is 0.330 e. The fraction of sp³-hybridized carbons (Fsp3) is 0.385. The first-order valence-corrected chi connectivity index (χ1v) is 5.90. The number of hydrogen-bond donors (Lipinski definition) is 1. The summed E-state index contributed by atoms with van der Waals surface area (Å²) < 4.78 is 13.0. The molecule has 96 valence electrons. The predicted octanol–water partition coefficient (Wildman–Crippen LogP) is 1.82. The van der Waals surface area contributed by atoms with Crippen LogP contribution in [0.3, 0.4) is 0 Å². The molecule has 2 rings (SSSR count). The highest BCUT2D eigenvalue weighted by atomic mass is 19.1. The molecule has 1 heterocycles. The highest BCUT2D eigenvalue weighted by molar-refractivity contribution is 6.14. The van der Waals surface area contributed by atoms with Gasteiger partial charge in [-0.1, -0.05) is 0 Å². The molecule has 0 fully saturated rings. The first kappa shape index (κ1) is 12.7. The van der Waals surface area contributed by atoms with Crippen molar-refractivity contribution in [2.45, 2.75) is 20.3 Å². The van der Waals surface area contributed by atoms with E-state index in [0.717, 1.165) is 5.71 Å². The summed E-state index contributed by atoms with van der Waals surface area (Å²) >= 11 is 0. The molecule has 1 atom stereocenters. The minimum absolute atomic E-state index is 0.0901. The molecule has 0 aromatic heterocycles. The van der Waals surface area contributed by atoms with Gasteiger partial charge in [-0.2, -0.15) is 10.1 Å². The summed E-state index contributed by atoms with van der Waals surface area (Å²) in [6.45, 7) is 4.02.